The Morgan fingerprint density at radius 2 is 2.23 bits per heavy atom. The van der Waals surface area contributed by atoms with Gasteiger partial charge in [-0.1, -0.05) is 0 Å². The van der Waals surface area contributed by atoms with Crippen LogP contribution in [0.15, 0.2) is 18.2 Å². The van der Waals surface area contributed by atoms with Gasteiger partial charge in [-0.05, 0) is 56.5 Å². The van der Waals surface area contributed by atoms with Gasteiger partial charge < -0.3 is 20.7 Å². The number of amides is 3. The Morgan fingerprint density at radius 1 is 1.38 bits per heavy atom. The molecular weight excluding hydrogens is 356 g/mol. The van der Waals surface area contributed by atoms with E-state index in [0.29, 0.717) is 42.6 Å². The van der Waals surface area contributed by atoms with E-state index in [4.69, 9.17) is 4.74 Å². The van der Waals surface area contributed by atoms with Crippen LogP contribution in [0.5, 0.6) is 5.75 Å². The van der Waals surface area contributed by atoms with Crippen molar-refractivity contribution >= 4 is 30.0 Å². The molecule has 2 fully saturated rings. The van der Waals surface area contributed by atoms with E-state index < -0.39 is 0 Å². The van der Waals surface area contributed by atoms with Crippen LogP contribution in [0.3, 0.4) is 0 Å². The molecule has 1 aromatic carbocycles. The van der Waals surface area contributed by atoms with Crippen LogP contribution >= 0.6 is 12.4 Å². The summed E-state index contributed by atoms with van der Waals surface area (Å²) in [5, 5.41) is 9.14. The molecule has 144 valence electrons. The van der Waals surface area contributed by atoms with Gasteiger partial charge in [-0.2, -0.15) is 0 Å². The highest BCUT2D eigenvalue weighted by atomic mass is 35.5. The van der Waals surface area contributed by atoms with Crippen molar-refractivity contribution in [3.8, 4) is 5.75 Å². The van der Waals surface area contributed by atoms with Crippen LogP contribution in [0.2, 0.25) is 0 Å². The smallest absolute Gasteiger partial charge is 0.322 e. The minimum atomic E-state index is -0.166. The number of piperidine rings is 1. The zero-order valence-electron chi connectivity index (χ0n) is 15.0. The maximum Gasteiger partial charge on any atom is 0.322 e. The van der Waals surface area contributed by atoms with Gasteiger partial charge in [-0.3, -0.25) is 9.69 Å². The highest BCUT2D eigenvalue weighted by Gasteiger charge is 2.25. The summed E-state index contributed by atoms with van der Waals surface area (Å²) in [6, 6.07) is 5.02. The number of hydrogen-bond donors (Lipinski definition) is 3. The molecule has 0 spiro atoms. The standard InChI is InChI=1S/C18H26N4O3.ClH/c1-25-16-5-4-14(11-15(16)22-10-9-21-18(22)24)17(23)20-8-6-13-3-2-7-19-12-13;/h4-5,11,13,19H,2-3,6-10,12H2,1H3,(H,20,23)(H,21,24);1H. The summed E-state index contributed by atoms with van der Waals surface area (Å²) in [6.07, 6.45) is 3.41. The molecule has 1 unspecified atom stereocenters. The van der Waals surface area contributed by atoms with Crippen molar-refractivity contribution in [3.05, 3.63) is 23.8 Å². The van der Waals surface area contributed by atoms with Crippen molar-refractivity contribution in [2.75, 3.05) is 44.7 Å². The highest BCUT2D eigenvalue weighted by molar-refractivity contribution is 5.99. The molecule has 3 rings (SSSR count). The molecule has 1 atom stereocenters. The van der Waals surface area contributed by atoms with Crippen LogP contribution in [-0.4, -0.2) is 51.8 Å². The van der Waals surface area contributed by atoms with Gasteiger partial charge in [0, 0.05) is 25.2 Å². The summed E-state index contributed by atoms with van der Waals surface area (Å²) in [6.45, 7) is 3.95. The number of benzene rings is 1. The van der Waals surface area contributed by atoms with Crippen molar-refractivity contribution in [3.63, 3.8) is 0 Å². The first-order valence-electron chi connectivity index (χ1n) is 8.91. The predicted molar refractivity (Wildman–Crippen MR) is 104 cm³/mol. The summed E-state index contributed by atoms with van der Waals surface area (Å²) in [7, 11) is 1.56. The van der Waals surface area contributed by atoms with Crippen molar-refractivity contribution in [2.45, 2.75) is 19.3 Å². The van der Waals surface area contributed by atoms with Crippen LogP contribution in [0, 0.1) is 5.92 Å². The lowest BCUT2D eigenvalue weighted by molar-refractivity contribution is 0.0950. The molecule has 1 aromatic rings. The number of halogens is 1. The third-order valence-electron chi connectivity index (χ3n) is 4.83. The zero-order valence-corrected chi connectivity index (χ0v) is 15.9. The zero-order chi connectivity index (χ0) is 17.6. The lowest BCUT2D eigenvalue weighted by Gasteiger charge is -2.22. The van der Waals surface area contributed by atoms with Gasteiger partial charge in [-0.25, -0.2) is 4.79 Å². The maximum absolute atomic E-state index is 12.4. The van der Waals surface area contributed by atoms with Crippen LogP contribution in [0.4, 0.5) is 10.5 Å². The average Bonchev–Trinajstić information content (AvgIpc) is 3.07. The van der Waals surface area contributed by atoms with Gasteiger partial charge in [0.2, 0.25) is 0 Å². The number of hydrogen-bond acceptors (Lipinski definition) is 4. The number of urea groups is 1. The number of methoxy groups -OCH3 is 1. The lowest BCUT2D eigenvalue weighted by Crippen LogP contribution is -2.33. The summed E-state index contributed by atoms with van der Waals surface area (Å²) in [5.41, 5.74) is 1.17. The van der Waals surface area contributed by atoms with Crippen LogP contribution in [0.1, 0.15) is 29.6 Å². The molecule has 26 heavy (non-hydrogen) atoms. The molecule has 7 nitrogen and oxygen atoms in total. The van der Waals surface area contributed by atoms with Gasteiger partial charge >= 0.3 is 6.03 Å². The van der Waals surface area contributed by atoms with E-state index in [9.17, 15) is 9.59 Å². The minimum absolute atomic E-state index is 0. The average molecular weight is 383 g/mol. The number of carbonyl (C=O) groups is 2. The quantitative estimate of drug-likeness (QED) is 0.700. The number of ether oxygens (including phenoxy) is 1. The van der Waals surface area contributed by atoms with E-state index in [0.717, 1.165) is 19.5 Å². The van der Waals surface area contributed by atoms with Gasteiger partial charge in [0.1, 0.15) is 5.75 Å². The molecule has 0 aliphatic carbocycles. The van der Waals surface area contributed by atoms with Crippen molar-refractivity contribution in [1.82, 2.24) is 16.0 Å². The predicted octanol–water partition coefficient (Wildman–Crippen LogP) is 1.77. The molecular formula is C18H27ClN4O3. The molecule has 2 aliphatic rings. The molecule has 0 saturated carbocycles. The SMILES string of the molecule is COc1ccc(C(=O)NCCC2CCCNC2)cc1N1CCNC1=O.Cl. The first-order valence-corrected chi connectivity index (χ1v) is 8.91. The molecule has 2 heterocycles. The highest BCUT2D eigenvalue weighted by Crippen LogP contribution is 2.30. The summed E-state index contributed by atoms with van der Waals surface area (Å²) >= 11 is 0. The van der Waals surface area contributed by atoms with Gasteiger partial charge in [-0.15, -0.1) is 12.4 Å². The summed E-state index contributed by atoms with van der Waals surface area (Å²) in [5.74, 6) is 1.10. The van der Waals surface area contributed by atoms with Gasteiger partial charge in [0.25, 0.3) is 5.91 Å². The van der Waals surface area contributed by atoms with E-state index in [1.807, 2.05) is 0 Å². The lowest BCUT2D eigenvalue weighted by atomic mass is 9.96. The van der Waals surface area contributed by atoms with Crippen molar-refractivity contribution < 1.29 is 14.3 Å². The fraction of sp³-hybridized carbons (Fsp3) is 0.556. The third kappa shape index (κ3) is 4.80. The number of nitrogens with zero attached hydrogens (tertiary/aromatic N) is 1. The van der Waals surface area contributed by atoms with E-state index in [2.05, 4.69) is 16.0 Å². The maximum atomic E-state index is 12.4. The second-order valence-corrected chi connectivity index (χ2v) is 6.53. The first-order chi connectivity index (χ1) is 12.2. The molecule has 8 heteroatoms. The normalized spacial score (nSPS) is 19.5. The second-order valence-electron chi connectivity index (χ2n) is 6.53. The summed E-state index contributed by atoms with van der Waals surface area (Å²) < 4.78 is 5.34. The Balaban J connectivity index is 0.00000243. The number of anilines is 1. The molecule has 3 amide bonds. The molecule has 3 N–H and O–H groups in total. The van der Waals surface area contributed by atoms with E-state index in [-0.39, 0.29) is 24.3 Å². The van der Waals surface area contributed by atoms with E-state index in [1.54, 1.807) is 30.2 Å². The Labute approximate surface area is 160 Å². The van der Waals surface area contributed by atoms with Crippen molar-refractivity contribution in [2.24, 2.45) is 5.92 Å². The monoisotopic (exact) mass is 382 g/mol. The molecule has 0 bridgehead atoms. The fourth-order valence-corrected chi connectivity index (χ4v) is 3.41. The van der Waals surface area contributed by atoms with Gasteiger partial charge in [0.05, 0.1) is 12.8 Å². The molecule has 0 radical (unpaired) electrons. The number of carbonyl (C=O) groups excluding carboxylic acids is 2. The fourth-order valence-electron chi connectivity index (χ4n) is 3.41. The minimum Gasteiger partial charge on any atom is -0.495 e. The van der Waals surface area contributed by atoms with E-state index >= 15 is 0 Å². The van der Waals surface area contributed by atoms with Crippen LogP contribution < -0.4 is 25.6 Å². The van der Waals surface area contributed by atoms with E-state index in [1.165, 1.54) is 12.8 Å². The third-order valence-corrected chi connectivity index (χ3v) is 4.83. The number of nitrogens with one attached hydrogen (secondary N) is 3. The largest absolute Gasteiger partial charge is 0.495 e. The van der Waals surface area contributed by atoms with Crippen LogP contribution in [0.25, 0.3) is 0 Å². The topological polar surface area (TPSA) is 82.7 Å². The Bertz CT molecular complexity index is 635. The number of rotatable bonds is 6. The van der Waals surface area contributed by atoms with Crippen molar-refractivity contribution in [1.29, 1.82) is 0 Å². The molecule has 0 aromatic heterocycles. The second kappa shape index (κ2) is 9.64. The Hall–Kier alpha value is -1.99. The molecule has 2 saturated heterocycles. The van der Waals surface area contributed by atoms with Crippen LogP contribution in [-0.2, 0) is 0 Å². The Kier molecular flexibility index (Phi) is 7.53. The first kappa shape index (κ1) is 20.3. The van der Waals surface area contributed by atoms with Gasteiger partial charge in [0.15, 0.2) is 0 Å². The summed E-state index contributed by atoms with van der Waals surface area (Å²) in [4.78, 5) is 26.0. The Morgan fingerprint density at radius 3 is 2.88 bits per heavy atom. The molecule has 2 aliphatic heterocycles.